The second-order valence-electron chi connectivity index (χ2n) is 27.0. The van der Waals surface area contributed by atoms with E-state index in [-0.39, 0.29) is 129 Å². The van der Waals surface area contributed by atoms with Crippen molar-refractivity contribution in [2.24, 2.45) is 17.6 Å². The van der Waals surface area contributed by atoms with Crippen LogP contribution in [0.4, 0.5) is 4.79 Å². The van der Waals surface area contributed by atoms with Gasteiger partial charge in [0.25, 0.3) is 11.8 Å². The van der Waals surface area contributed by atoms with Gasteiger partial charge in [0.2, 0.25) is 43.4 Å². The third-order valence-corrected chi connectivity index (χ3v) is 21.5. The highest BCUT2D eigenvalue weighted by Gasteiger charge is 2.43. The van der Waals surface area contributed by atoms with Crippen molar-refractivity contribution in [3.05, 3.63) is 190 Å². The molecule has 2 saturated heterocycles. The van der Waals surface area contributed by atoms with Gasteiger partial charge in [0.05, 0.1) is 60.1 Å². The standard InChI is InChI=1S/C41H49ClN4O9S.C36H41ClN4O7S/c1-5-44-56(51,52)32-19-15-27(16-20-32)22-37(48)46-25-31(53-26-28-13-17-30(42)18-14-28)24-34(46)35(47)23-29(10-8-9-21-43-40(50)55-41(2,3)4)38(49)39-45-33-11-6-7-12-36(33)54-39;1-2-39-49(45,46)29-16-12-24(13-17-29)19-34(43)41-22-28(47-23-25-10-14-27(37)15-11-25)21-31(41)32(42)20-26(7-5-6-18-38)35(44)36-40-30-8-3-4-9-33(30)48-36/h6-7,11-20,29,31,34,44H,5,8-10,21-26H2,1-4H3,(H,43,50);3-4,8-17,26,28,31,39H,2,5-7,18-23,38H2,1H3/t29-,31-,34+;26-,28-,31+/m11/s1. The number of nitrogens with zero attached hydrogens (tertiary/aromatic N) is 4. The molecule has 105 heavy (non-hydrogen) atoms. The van der Waals surface area contributed by atoms with E-state index >= 15 is 0 Å². The van der Waals surface area contributed by atoms with Gasteiger partial charge in [0.15, 0.2) is 22.7 Å². The first-order valence-electron chi connectivity index (χ1n) is 35.2. The zero-order valence-electron chi connectivity index (χ0n) is 59.4. The van der Waals surface area contributed by atoms with Crippen LogP contribution in [0.15, 0.2) is 164 Å². The summed E-state index contributed by atoms with van der Waals surface area (Å²) in [6, 6.07) is 39.0. The molecule has 6 aromatic carbocycles. The summed E-state index contributed by atoms with van der Waals surface area (Å²) in [6.45, 7) is 10.8. The Balaban J connectivity index is 0.000000245. The second-order valence-corrected chi connectivity index (χ2v) is 31.4. The molecule has 28 heteroatoms. The number of oxazole rings is 2. The number of benzene rings is 6. The molecule has 5 N–H and O–H groups in total. The number of alkyl carbamates (subject to hydrolysis) is 1. The first-order valence-corrected chi connectivity index (χ1v) is 38.9. The molecule has 6 atom stereocenters. The van der Waals surface area contributed by atoms with Crippen molar-refractivity contribution < 1.29 is 73.4 Å². The van der Waals surface area contributed by atoms with Crippen LogP contribution < -0.4 is 20.5 Å². The molecular weight excluding hydrogens is 1430 g/mol. The molecule has 10 rings (SSSR count). The average molecular weight is 1520 g/mol. The average Bonchev–Trinajstić information content (AvgIpc) is 1.75. The Bertz CT molecular complexity index is 4470. The maximum absolute atomic E-state index is 14.3. The van der Waals surface area contributed by atoms with Crippen molar-refractivity contribution in [3.63, 3.8) is 0 Å². The molecule has 0 spiro atoms. The van der Waals surface area contributed by atoms with Crippen molar-refractivity contribution in [1.82, 2.24) is 34.5 Å². The Morgan fingerprint density at radius 3 is 1.32 bits per heavy atom. The summed E-state index contributed by atoms with van der Waals surface area (Å²) in [5.41, 5.74) is 10.0. The molecule has 0 bridgehead atoms. The molecule has 0 unspecified atom stereocenters. The number of hydrogen-bond acceptors (Lipinski definition) is 19. The number of hydrogen-bond donors (Lipinski definition) is 4. The fourth-order valence-corrected chi connectivity index (χ4v) is 14.9. The number of carbonyl (C=O) groups excluding carboxylic acids is 7. The van der Waals surface area contributed by atoms with Gasteiger partial charge in [-0.2, -0.15) is 0 Å². The third-order valence-electron chi connectivity index (χ3n) is 17.9. The minimum absolute atomic E-state index is 0.0447. The van der Waals surface area contributed by atoms with Crippen molar-refractivity contribution in [2.45, 2.75) is 165 Å². The fraction of sp³-hybridized carbons (Fsp3) is 0.416. The third kappa shape index (κ3) is 23.2. The summed E-state index contributed by atoms with van der Waals surface area (Å²) < 4.78 is 83.8. The second kappa shape index (κ2) is 37.6. The number of sulfonamides is 2. The van der Waals surface area contributed by atoms with E-state index in [1.807, 2.05) is 24.3 Å². The van der Waals surface area contributed by atoms with E-state index < -0.39 is 73.7 Å². The first-order chi connectivity index (χ1) is 50.2. The van der Waals surface area contributed by atoms with Crippen molar-refractivity contribution in [1.29, 1.82) is 0 Å². The van der Waals surface area contributed by atoms with E-state index in [1.165, 1.54) is 34.1 Å². The molecule has 8 aromatic rings. The maximum atomic E-state index is 14.3. The molecule has 4 heterocycles. The maximum Gasteiger partial charge on any atom is 0.407 e. The zero-order valence-corrected chi connectivity index (χ0v) is 62.6. The number of ether oxygens (including phenoxy) is 3. The van der Waals surface area contributed by atoms with E-state index in [0.29, 0.717) is 95.0 Å². The van der Waals surface area contributed by atoms with E-state index in [1.54, 1.807) is 132 Å². The summed E-state index contributed by atoms with van der Waals surface area (Å²) in [5.74, 6) is -3.63. The number of amides is 3. The highest BCUT2D eigenvalue weighted by Crippen LogP contribution is 2.32. The Morgan fingerprint density at radius 2 is 0.943 bits per heavy atom. The van der Waals surface area contributed by atoms with E-state index in [0.717, 1.165) is 11.1 Å². The van der Waals surface area contributed by atoms with E-state index in [9.17, 15) is 50.4 Å². The summed E-state index contributed by atoms with van der Waals surface area (Å²) in [7, 11) is -7.32. The molecule has 2 aliphatic heterocycles. The number of ketones is 4. The number of nitrogens with two attached hydrogens (primary N) is 1. The fourth-order valence-electron chi connectivity index (χ4n) is 12.5. The van der Waals surface area contributed by atoms with E-state index in [4.69, 9.17) is 52.0 Å². The van der Waals surface area contributed by atoms with Gasteiger partial charge in [-0.15, -0.1) is 0 Å². The van der Waals surface area contributed by atoms with Gasteiger partial charge in [-0.25, -0.2) is 41.0 Å². The van der Waals surface area contributed by atoms with Crippen LogP contribution in [-0.2, 0) is 79.5 Å². The van der Waals surface area contributed by atoms with Gasteiger partial charge in [-0.1, -0.05) is 123 Å². The number of fused-ring (bicyclic) bond motifs is 2. The highest BCUT2D eigenvalue weighted by molar-refractivity contribution is 7.89. The lowest BCUT2D eigenvalue weighted by Crippen LogP contribution is -2.42. The lowest BCUT2D eigenvalue weighted by atomic mass is 9.89. The summed E-state index contributed by atoms with van der Waals surface area (Å²) >= 11 is 12.1. The topological polar surface area (TPSA) is 336 Å². The number of carbonyl (C=O) groups is 7. The van der Waals surface area contributed by atoms with Crippen LogP contribution in [-0.4, -0.2) is 147 Å². The number of rotatable bonds is 35. The Hall–Kier alpha value is -8.57. The molecule has 24 nitrogen and oxygen atoms in total. The summed E-state index contributed by atoms with van der Waals surface area (Å²) in [6.07, 6.45) is 1.73. The van der Waals surface area contributed by atoms with Crippen molar-refractivity contribution in [3.8, 4) is 0 Å². The first kappa shape index (κ1) is 80.5. The summed E-state index contributed by atoms with van der Waals surface area (Å²) in [5, 5.41) is 3.91. The quantitative estimate of drug-likeness (QED) is 0.0212. The van der Waals surface area contributed by atoms with Crippen molar-refractivity contribution in [2.75, 3.05) is 39.3 Å². The van der Waals surface area contributed by atoms with Crippen LogP contribution in [0.25, 0.3) is 22.2 Å². The van der Waals surface area contributed by atoms with Crippen LogP contribution in [0.3, 0.4) is 0 Å². The van der Waals surface area contributed by atoms with Crippen molar-refractivity contribution >= 4 is 106 Å². The lowest BCUT2D eigenvalue weighted by Gasteiger charge is -2.25. The zero-order chi connectivity index (χ0) is 75.4. The van der Waals surface area contributed by atoms with Gasteiger partial charge in [-0.3, -0.25) is 28.8 Å². The van der Waals surface area contributed by atoms with Crippen LogP contribution >= 0.6 is 23.2 Å². The Labute approximate surface area is 621 Å². The monoisotopic (exact) mass is 1520 g/mol. The molecule has 0 radical (unpaired) electrons. The molecule has 0 saturated carbocycles. The van der Waals surface area contributed by atoms with Crippen LogP contribution in [0.2, 0.25) is 10.0 Å². The van der Waals surface area contributed by atoms with Gasteiger partial charge >= 0.3 is 6.09 Å². The van der Waals surface area contributed by atoms with Crippen LogP contribution in [0, 0.1) is 11.8 Å². The predicted molar refractivity (Wildman–Crippen MR) is 396 cm³/mol. The number of halogens is 2. The molecular formula is C77H90Cl2N8O16S2. The Morgan fingerprint density at radius 1 is 0.552 bits per heavy atom. The van der Waals surface area contributed by atoms with Crippen LogP contribution in [0.5, 0.6) is 0 Å². The van der Waals surface area contributed by atoms with Crippen LogP contribution in [0.1, 0.15) is 142 Å². The normalized spacial score (nSPS) is 16.7. The molecule has 2 fully saturated rings. The van der Waals surface area contributed by atoms with Gasteiger partial charge < -0.3 is 43.9 Å². The number of para-hydroxylation sites is 4. The number of unbranched alkanes of at least 4 members (excludes halogenated alkanes) is 2. The van der Waals surface area contributed by atoms with Gasteiger partial charge in [0.1, 0.15) is 16.6 Å². The molecule has 0 aliphatic carbocycles. The SMILES string of the molecule is CCNS(=O)(=O)c1ccc(CC(=O)N2C[C@H](OCc3ccc(Cl)cc3)C[C@H]2C(=O)C[C@@H](CCCCN)C(=O)c2nc3ccccc3o2)cc1.CCNS(=O)(=O)c1ccc(CC(=O)N2C[C@H](OCc3ccc(Cl)cc3)C[C@H]2C(=O)C[C@@H](CCCCNC(=O)OC(C)(C)C)C(=O)c2nc3ccccc3o2)cc1. The van der Waals surface area contributed by atoms with Gasteiger partial charge in [-0.05, 0) is 148 Å². The summed E-state index contributed by atoms with van der Waals surface area (Å²) in [4.78, 5) is 108. The highest BCUT2D eigenvalue weighted by atomic mass is 35.5. The Kier molecular flexibility index (Phi) is 28.8. The minimum atomic E-state index is -3.67. The molecule has 2 aromatic heterocycles. The number of likely N-dealkylation sites (tertiary alicyclic amines) is 2. The molecule has 2 aliphatic rings. The van der Waals surface area contributed by atoms with E-state index in [2.05, 4.69) is 24.7 Å². The van der Waals surface area contributed by atoms with Gasteiger partial charge in [0, 0.05) is 80.3 Å². The minimum Gasteiger partial charge on any atom is -0.444 e. The lowest BCUT2D eigenvalue weighted by molar-refractivity contribution is -0.137. The smallest absolute Gasteiger partial charge is 0.407 e. The number of aromatic nitrogens is 2. The number of nitrogens with one attached hydrogen (secondary N) is 3. The molecule has 560 valence electrons. The predicted octanol–water partition coefficient (Wildman–Crippen LogP) is 11.8. The molecule has 3 amide bonds. The largest absolute Gasteiger partial charge is 0.444 e. The number of Topliss-reactive ketones (excluding diaryl/α,β-unsaturated/α-hetero) is 4.